The Morgan fingerprint density at radius 3 is 2.45 bits per heavy atom. The summed E-state index contributed by atoms with van der Waals surface area (Å²) in [5.74, 6) is 0.298. The minimum atomic E-state index is 0.0428. The van der Waals surface area contributed by atoms with Crippen molar-refractivity contribution in [3.05, 3.63) is 29.8 Å². The lowest BCUT2D eigenvalue weighted by Crippen LogP contribution is -2.35. The molecule has 1 fully saturated rings. The van der Waals surface area contributed by atoms with E-state index in [1.807, 2.05) is 4.90 Å². The maximum atomic E-state index is 12.1. The summed E-state index contributed by atoms with van der Waals surface area (Å²) < 4.78 is 0. The van der Waals surface area contributed by atoms with Crippen LogP contribution in [-0.2, 0) is 4.79 Å². The van der Waals surface area contributed by atoms with Crippen molar-refractivity contribution in [1.82, 2.24) is 9.80 Å². The number of ketones is 1. The molecule has 1 aliphatic rings. The largest absolute Gasteiger partial charge is 0.508 e. The lowest BCUT2D eigenvalue weighted by molar-refractivity contribution is -0.128. The van der Waals surface area contributed by atoms with Gasteiger partial charge in [-0.2, -0.15) is 0 Å². The van der Waals surface area contributed by atoms with Gasteiger partial charge in [-0.3, -0.25) is 14.5 Å². The van der Waals surface area contributed by atoms with Gasteiger partial charge in [0.15, 0.2) is 5.78 Å². The van der Waals surface area contributed by atoms with Crippen molar-refractivity contribution in [2.75, 3.05) is 32.7 Å². The second-order valence-electron chi connectivity index (χ2n) is 5.11. The monoisotopic (exact) mass is 276 g/mol. The fraction of sp³-hybridized carbons (Fsp3) is 0.467. The molecule has 1 aromatic rings. The SMILES string of the molecule is CC(=O)N1CCCN(CC(=O)c2ccc(O)cc2)CC1. The molecule has 1 amide bonds. The van der Waals surface area contributed by atoms with Gasteiger partial charge in [0.2, 0.25) is 5.91 Å². The molecule has 0 bridgehead atoms. The number of aromatic hydroxyl groups is 1. The smallest absolute Gasteiger partial charge is 0.219 e. The number of rotatable bonds is 3. The van der Waals surface area contributed by atoms with Crippen molar-refractivity contribution in [3.8, 4) is 5.75 Å². The molecule has 0 unspecified atom stereocenters. The first-order valence-electron chi connectivity index (χ1n) is 6.86. The van der Waals surface area contributed by atoms with E-state index in [2.05, 4.69) is 4.90 Å². The van der Waals surface area contributed by atoms with Crippen LogP contribution in [0, 0.1) is 0 Å². The maximum Gasteiger partial charge on any atom is 0.219 e. The average molecular weight is 276 g/mol. The Kier molecular flexibility index (Phi) is 4.74. The third-order valence-electron chi connectivity index (χ3n) is 3.59. The van der Waals surface area contributed by atoms with Crippen molar-refractivity contribution >= 4 is 11.7 Å². The molecule has 5 heteroatoms. The minimum absolute atomic E-state index is 0.0428. The van der Waals surface area contributed by atoms with E-state index in [4.69, 9.17) is 0 Å². The lowest BCUT2D eigenvalue weighted by atomic mass is 10.1. The summed E-state index contributed by atoms with van der Waals surface area (Å²) in [6.45, 7) is 4.93. The van der Waals surface area contributed by atoms with E-state index in [0.29, 0.717) is 18.7 Å². The highest BCUT2D eigenvalue weighted by Crippen LogP contribution is 2.11. The number of benzene rings is 1. The molecule has 20 heavy (non-hydrogen) atoms. The van der Waals surface area contributed by atoms with E-state index in [1.165, 1.54) is 12.1 Å². The molecule has 0 aromatic heterocycles. The van der Waals surface area contributed by atoms with Gasteiger partial charge in [0.25, 0.3) is 0 Å². The van der Waals surface area contributed by atoms with Crippen LogP contribution in [0.25, 0.3) is 0 Å². The van der Waals surface area contributed by atoms with Crippen molar-refractivity contribution < 1.29 is 14.7 Å². The molecule has 1 aliphatic heterocycles. The van der Waals surface area contributed by atoms with Gasteiger partial charge in [0.1, 0.15) is 5.75 Å². The zero-order valence-corrected chi connectivity index (χ0v) is 11.7. The Hall–Kier alpha value is -1.88. The topological polar surface area (TPSA) is 60.9 Å². The second kappa shape index (κ2) is 6.52. The fourth-order valence-corrected chi connectivity index (χ4v) is 2.39. The summed E-state index contributed by atoms with van der Waals surface area (Å²) in [5, 5.41) is 9.22. The number of carbonyl (C=O) groups excluding carboxylic acids is 2. The van der Waals surface area contributed by atoms with Gasteiger partial charge in [0.05, 0.1) is 6.54 Å². The first-order chi connectivity index (χ1) is 9.56. The van der Waals surface area contributed by atoms with Gasteiger partial charge in [-0.15, -0.1) is 0 Å². The lowest BCUT2D eigenvalue weighted by Gasteiger charge is -2.20. The van der Waals surface area contributed by atoms with E-state index in [1.54, 1.807) is 19.1 Å². The number of phenols is 1. The van der Waals surface area contributed by atoms with Crippen LogP contribution < -0.4 is 0 Å². The number of phenolic OH excluding ortho intramolecular Hbond substituents is 1. The summed E-state index contributed by atoms with van der Waals surface area (Å²) >= 11 is 0. The van der Waals surface area contributed by atoms with Crippen LogP contribution in [0.3, 0.4) is 0 Å². The molecule has 1 N–H and O–H groups in total. The Bertz CT molecular complexity index is 484. The molecule has 0 atom stereocenters. The molecule has 5 nitrogen and oxygen atoms in total. The van der Waals surface area contributed by atoms with Gasteiger partial charge < -0.3 is 10.0 Å². The zero-order chi connectivity index (χ0) is 14.5. The van der Waals surface area contributed by atoms with E-state index in [-0.39, 0.29) is 17.4 Å². The molecule has 108 valence electrons. The Labute approximate surface area is 118 Å². The van der Waals surface area contributed by atoms with Crippen LogP contribution in [0.2, 0.25) is 0 Å². The number of hydrogen-bond donors (Lipinski definition) is 1. The normalized spacial score (nSPS) is 16.8. The van der Waals surface area contributed by atoms with Crippen molar-refractivity contribution in [2.24, 2.45) is 0 Å². The minimum Gasteiger partial charge on any atom is -0.508 e. The first kappa shape index (κ1) is 14.5. The van der Waals surface area contributed by atoms with Gasteiger partial charge in [-0.25, -0.2) is 0 Å². The summed E-state index contributed by atoms with van der Waals surface area (Å²) in [4.78, 5) is 27.4. The molecule has 1 heterocycles. The van der Waals surface area contributed by atoms with Crippen molar-refractivity contribution in [2.45, 2.75) is 13.3 Å². The van der Waals surface area contributed by atoms with Crippen molar-refractivity contribution in [3.63, 3.8) is 0 Å². The van der Waals surface area contributed by atoms with Crippen LogP contribution in [0.15, 0.2) is 24.3 Å². The highest BCUT2D eigenvalue weighted by Gasteiger charge is 2.18. The molecule has 0 spiro atoms. The molecular weight excluding hydrogens is 256 g/mol. The molecule has 0 saturated carbocycles. The number of hydrogen-bond acceptors (Lipinski definition) is 4. The molecule has 1 saturated heterocycles. The molecular formula is C15H20N2O3. The van der Waals surface area contributed by atoms with E-state index in [9.17, 15) is 14.7 Å². The standard InChI is InChI=1S/C15H20N2O3/c1-12(18)17-8-2-7-16(9-10-17)11-15(20)13-3-5-14(19)6-4-13/h3-6,19H,2,7-11H2,1H3. The summed E-state index contributed by atoms with van der Waals surface area (Å²) in [6, 6.07) is 6.31. The van der Waals surface area contributed by atoms with Crippen LogP contribution in [0.4, 0.5) is 0 Å². The van der Waals surface area contributed by atoms with Crippen molar-refractivity contribution in [1.29, 1.82) is 0 Å². The van der Waals surface area contributed by atoms with E-state index < -0.39 is 0 Å². The number of nitrogens with zero attached hydrogens (tertiary/aromatic N) is 2. The number of carbonyl (C=O) groups is 2. The summed E-state index contributed by atoms with van der Waals surface area (Å²) in [6.07, 6.45) is 0.891. The number of amides is 1. The predicted octanol–water partition coefficient (Wildman–Crippen LogP) is 1.13. The van der Waals surface area contributed by atoms with Gasteiger partial charge in [0, 0.05) is 38.7 Å². The Morgan fingerprint density at radius 2 is 1.80 bits per heavy atom. The summed E-state index contributed by atoms with van der Waals surface area (Å²) in [5.41, 5.74) is 0.607. The maximum absolute atomic E-state index is 12.1. The third kappa shape index (κ3) is 3.81. The highest BCUT2D eigenvalue weighted by molar-refractivity contribution is 5.97. The fourth-order valence-electron chi connectivity index (χ4n) is 2.39. The Morgan fingerprint density at radius 1 is 1.10 bits per heavy atom. The Balaban J connectivity index is 1.91. The number of Topliss-reactive ketones (excluding diaryl/α,β-unsaturated/α-hetero) is 1. The van der Waals surface area contributed by atoms with Gasteiger partial charge >= 0.3 is 0 Å². The van der Waals surface area contributed by atoms with Crippen LogP contribution in [0.1, 0.15) is 23.7 Å². The summed E-state index contributed by atoms with van der Waals surface area (Å²) in [7, 11) is 0. The molecule has 0 radical (unpaired) electrons. The first-order valence-corrected chi connectivity index (χ1v) is 6.86. The zero-order valence-electron chi connectivity index (χ0n) is 11.7. The predicted molar refractivity (Wildman–Crippen MR) is 75.7 cm³/mol. The van der Waals surface area contributed by atoms with Gasteiger partial charge in [-0.1, -0.05) is 0 Å². The quantitative estimate of drug-likeness (QED) is 0.841. The second-order valence-corrected chi connectivity index (χ2v) is 5.11. The van der Waals surface area contributed by atoms with E-state index >= 15 is 0 Å². The van der Waals surface area contributed by atoms with Crippen LogP contribution in [0.5, 0.6) is 5.75 Å². The average Bonchev–Trinajstić information content (AvgIpc) is 2.65. The van der Waals surface area contributed by atoms with E-state index in [0.717, 1.165) is 26.1 Å². The van der Waals surface area contributed by atoms with Gasteiger partial charge in [-0.05, 0) is 30.7 Å². The molecule has 0 aliphatic carbocycles. The third-order valence-corrected chi connectivity index (χ3v) is 3.59. The van der Waals surface area contributed by atoms with Crippen LogP contribution in [-0.4, -0.2) is 59.3 Å². The highest BCUT2D eigenvalue weighted by atomic mass is 16.3. The molecule has 1 aromatic carbocycles. The molecule has 2 rings (SSSR count). The van der Waals surface area contributed by atoms with Crippen LogP contribution >= 0.6 is 0 Å².